The Morgan fingerprint density at radius 3 is 2.32 bits per heavy atom. The Morgan fingerprint density at radius 2 is 1.68 bits per heavy atom. The molecule has 2 spiro atoms. The molecule has 38 heavy (non-hydrogen) atoms. The van der Waals surface area contributed by atoms with Gasteiger partial charge in [0.05, 0.1) is 10.6 Å². The summed E-state index contributed by atoms with van der Waals surface area (Å²) in [5.41, 5.74) is 2.86. The topological polar surface area (TPSA) is 113 Å². The summed E-state index contributed by atoms with van der Waals surface area (Å²) in [6.07, 6.45) is 9.35. The molecule has 0 bridgehead atoms. The van der Waals surface area contributed by atoms with Gasteiger partial charge in [-0.3, -0.25) is 9.52 Å². The van der Waals surface area contributed by atoms with Gasteiger partial charge in [-0.25, -0.2) is 21.6 Å². The van der Waals surface area contributed by atoms with Crippen molar-refractivity contribution >= 4 is 37.3 Å². The molecule has 1 amide bonds. The predicted octanol–water partition coefficient (Wildman–Crippen LogP) is 4.53. The molecule has 0 aromatic heterocycles. The lowest BCUT2D eigenvalue weighted by atomic mass is 9.66. The standard InChI is InChI=1S/C28H35N3O5S2/c1-2-37(33,34)29-22-9-10-25-24(18-22)28(15-13-27(11-12-27)14-16-28)19-31(25)26(32)20-5-3-8-23(17-20)38(35,36)30-21-6-4-7-21/h3,5,8-10,17-18,21,29-30H,2,4,6-7,11-16,19H2,1H3. The summed E-state index contributed by atoms with van der Waals surface area (Å²) in [5.74, 6) is -0.255. The van der Waals surface area contributed by atoms with Crippen LogP contribution in [0.5, 0.6) is 0 Å². The summed E-state index contributed by atoms with van der Waals surface area (Å²) in [7, 11) is -7.14. The van der Waals surface area contributed by atoms with Crippen molar-refractivity contribution in [1.29, 1.82) is 0 Å². The first-order valence-electron chi connectivity index (χ1n) is 13.6. The van der Waals surface area contributed by atoms with Crippen LogP contribution in [0.2, 0.25) is 0 Å². The van der Waals surface area contributed by atoms with Crippen molar-refractivity contribution in [2.24, 2.45) is 5.41 Å². The Balaban J connectivity index is 1.33. The Hall–Kier alpha value is -2.43. The second-order valence-electron chi connectivity index (χ2n) is 11.7. The molecule has 2 aromatic rings. The smallest absolute Gasteiger partial charge is 0.258 e. The zero-order chi connectivity index (χ0) is 26.8. The van der Waals surface area contributed by atoms with Gasteiger partial charge in [0.2, 0.25) is 20.0 Å². The molecule has 2 aromatic carbocycles. The number of hydrogen-bond donors (Lipinski definition) is 2. The van der Waals surface area contributed by atoms with Crippen molar-refractivity contribution < 1.29 is 21.6 Å². The van der Waals surface area contributed by atoms with Gasteiger partial charge in [0.1, 0.15) is 0 Å². The molecular weight excluding hydrogens is 522 g/mol. The number of rotatable bonds is 7. The first-order chi connectivity index (χ1) is 18.0. The van der Waals surface area contributed by atoms with Crippen LogP contribution >= 0.6 is 0 Å². The summed E-state index contributed by atoms with van der Waals surface area (Å²) in [6, 6.07) is 11.7. The van der Waals surface area contributed by atoms with E-state index in [0.29, 0.717) is 23.2 Å². The molecule has 3 fully saturated rings. The third-order valence-electron chi connectivity index (χ3n) is 9.26. The maximum atomic E-state index is 13.9. The SMILES string of the molecule is CCS(=O)(=O)Nc1ccc2c(c1)C1(CCC3(CC3)CC1)CN2C(=O)c1cccc(S(=O)(=O)NC2CCC2)c1. The average Bonchev–Trinajstić information content (AvgIpc) is 3.58. The van der Waals surface area contributed by atoms with E-state index in [2.05, 4.69) is 9.44 Å². The van der Waals surface area contributed by atoms with E-state index in [1.165, 1.54) is 25.0 Å². The summed E-state index contributed by atoms with van der Waals surface area (Å²) in [4.78, 5) is 15.8. The van der Waals surface area contributed by atoms with Gasteiger partial charge in [0.15, 0.2) is 0 Å². The Bertz CT molecular complexity index is 1480. The number of amides is 1. The Morgan fingerprint density at radius 1 is 0.974 bits per heavy atom. The number of hydrogen-bond acceptors (Lipinski definition) is 5. The van der Waals surface area contributed by atoms with E-state index in [9.17, 15) is 21.6 Å². The molecule has 0 radical (unpaired) electrons. The highest BCUT2D eigenvalue weighted by Gasteiger charge is 2.53. The molecule has 8 nitrogen and oxygen atoms in total. The molecular formula is C28H35N3O5S2. The minimum Gasteiger partial charge on any atom is -0.307 e. The molecule has 3 saturated carbocycles. The second kappa shape index (κ2) is 9.06. The zero-order valence-electron chi connectivity index (χ0n) is 21.7. The van der Waals surface area contributed by atoms with Gasteiger partial charge in [-0.1, -0.05) is 12.5 Å². The second-order valence-corrected chi connectivity index (χ2v) is 15.4. The minimum absolute atomic E-state index is 0.0167. The molecule has 0 saturated heterocycles. The van der Waals surface area contributed by atoms with Crippen LogP contribution in [-0.2, 0) is 25.5 Å². The van der Waals surface area contributed by atoms with Crippen LogP contribution in [0.4, 0.5) is 11.4 Å². The lowest BCUT2D eigenvalue weighted by molar-refractivity contribution is 0.0980. The largest absolute Gasteiger partial charge is 0.307 e. The normalized spacial score (nSPS) is 21.8. The number of benzene rings is 2. The molecule has 0 unspecified atom stereocenters. The number of carbonyl (C=O) groups excluding carboxylic acids is 1. The Labute approximate surface area is 225 Å². The van der Waals surface area contributed by atoms with Crippen molar-refractivity contribution in [3.8, 4) is 0 Å². The third-order valence-corrected chi connectivity index (χ3v) is 12.1. The van der Waals surface area contributed by atoms with Gasteiger partial charge in [-0.2, -0.15) is 0 Å². The molecule has 10 heteroatoms. The van der Waals surface area contributed by atoms with E-state index in [1.807, 2.05) is 12.1 Å². The van der Waals surface area contributed by atoms with E-state index in [0.717, 1.165) is 56.2 Å². The van der Waals surface area contributed by atoms with Crippen LogP contribution in [0.25, 0.3) is 0 Å². The van der Waals surface area contributed by atoms with Crippen LogP contribution in [0.3, 0.4) is 0 Å². The van der Waals surface area contributed by atoms with E-state index < -0.39 is 20.0 Å². The molecule has 1 heterocycles. The molecule has 0 atom stereocenters. The van der Waals surface area contributed by atoms with Crippen LogP contribution in [-0.4, -0.2) is 41.1 Å². The fourth-order valence-electron chi connectivity index (χ4n) is 6.29. The highest BCUT2D eigenvalue weighted by atomic mass is 32.2. The maximum Gasteiger partial charge on any atom is 0.258 e. The zero-order valence-corrected chi connectivity index (χ0v) is 23.3. The molecule has 4 aliphatic rings. The fraction of sp³-hybridized carbons (Fsp3) is 0.536. The van der Waals surface area contributed by atoms with Gasteiger partial charge in [-0.15, -0.1) is 0 Å². The van der Waals surface area contributed by atoms with Gasteiger partial charge < -0.3 is 4.90 Å². The lowest BCUT2D eigenvalue weighted by Gasteiger charge is -2.38. The van der Waals surface area contributed by atoms with Gasteiger partial charge in [0.25, 0.3) is 5.91 Å². The summed E-state index contributed by atoms with van der Waals surface area (Å²) >= 11 is 0. The quantitative estimate of drug-likeness (QED) is 0.519. The molecule has 3 aliphatic carbocycles. The Kier molecular flexibility index (Phi) is 6.16. The first kappa shape index (κ1) is 25.8. The highest BCUT2D eigenvalue weighted by Crippen LogP contribution is 2.62. The monoisotopic (exact) mass is 557 g/mol. The molecule has 2 N–H and O–H groups in total. The molecule has 204 valence electrons. The number of nitrogens with zero attached hydrogens (tertiary/aromatic N) is 1. The molecule has 6 rings (SSSR count). The van der Waals surface area contributed by atoms with Crippen LogP contribution < -0.4 is 14.3 Å². The summed E-state index contributed by atoms with van der Waals surface area (Å²) in [6.45, 7) is 2.11. The number of sulfonamides is 2. The third kappa shape index (κ3) is 4.64. The number of carbonyl (C=O) groups is 1. The fourth-order valence-corrected chi connectivity index (χ4v) is 8.28. The number of fused-ring (bicyclic) bond motifs is 2. The van der Waals surface area contributed by atoms with Gasteiger partial charge >= 0.3 is 0 Å². The number of nitrogens with one attached hydrogen (secondary N) is 2. The summed E-state index contributed by atoms with van der Waals surface area (Å²) in [5, 5.41) is 0. The van der Waals surface area contributed by atoms with Crippen molar-refractivity contribution in [2.45, 2.75) is 81.1 Å². The van der Waals surface area contributed by atoms with Crippen molar-refractivity contribution in [3.05, 3.63) is 53.6 Å². The van der Waals surface area contributed by atoms with E-state index >= 15 is 0 Å². The maximum absolute atomic E-state index is 13.9. The van der Waals surface area contributed by atoms with Crippen LogP contribution in [0.15, 0.2) is 47.4 Å². The van der Waals surface area contributed by atoms with Gasteiger partial charge in [0, 0.05) is 34.9 Å². The lowest BCUT2D eigenvalue weighted by Crippen LogP contribution is -2.40. The summed E-state index contributed by atoms with van der Waals surface area (Å²) < 4.78 is 55.8. The van der Waals surface area contributed by atoms with E-state index in [1.54, 1.807) is 30.0 Å². The number of anilines is 2. The predicted molar refractivity (Wildman–Crippen MR) is 147 cm³/mol. The van der Waals surface area contributed by atoms with Crippen molar-refractivity contribution in [1.82, 2.24) is 4.72 Å². The van der Waals surface area contributed by atoms with Crippen LogP contribution in [0.1, 0.15) is 80.6 Å². The highest BCUT2D eigenvalue weighted by molar-refractivity contribution is 7.92. The van der Waals surface area contributed by atoms with E-state index in [4.69, 9.17) is 0 Å². The average molecular weight is 558 g/mol. The van der Waals surface area contributed by atoms with Gasteiger partial charge in [-0.05, 0) is 106 Å². The van der Waals surface area contributed by atoms with Crippen molar-refractivity contribution in [3.63, 3.8) is 0 Å². The first-order valence-corrected chi connectivity index (χ1v) is 16.8. The minimum atomic E-state index is -3.70. The van der Waals surface area contributed by atoms with Crippen LogP contribution in [0, 0.1) is 5.41 Å². The molecule has 1 aliphatic heterocycles. The van der Waals surface area contributed by atoms with Crippen molar-refractivity contribution in [2.75, 3.05) is 21.9 Å². The van der Waals surface area contributed by atoms with E-state index in [-0.39, 0.29) is 28.0 Å².